The maximum Gasteiger partial charge on any atom is 0.239 e. The van der Waals surface area contributed by atoms with Gasteiger partial charge in [0.1, 0.15) is 11.9 Å². The SMILES string of the molecule is NC(=O)[C@H](NCc1ccc(F)c(Cl)c1)c1ccccc1. The number of nitrogens with two attached hydrogens (primary N) is 1. The van der Waals surface area contributed by atoms with Crippen molar-refractivity contribution in [3.05, 3.63) is 70.5 Å². The Labute approximate surface area is 121 Å². The van der Waals surface area contributed by atoms with Gasteiger partial charge in [-0.3, -0.25) is 10.1 Å². The Morgan fingerprint density at radius 2 is 1.95 bits per heavy atom. The number of hydrogen-bond acceptors (Lipinski definition) is 2. The van der Waals surface area contributed by atoms with Gasteiger partial charge in [0.25, 0.3) is 0 Å². The number of benzene rings is 2. The number of nitrogens with one attached hydrogen (secondary N) is 1. The van der Waals surface area contributed by atoms with Gasteiger partial charge < -0.3 is 5.73 Å². The van der Waals surface area contributed by atoms with Crippen molar-refractivity contribution >= 4 is 17.5 Å². The maximum absolute atomic E-state index is 13.1. The molecule has 0 unspecified atom stereocenters. The van der Waals surface area contributed by atoms with E-state index in [4.69, 9.17) is 17.3 Å². The average Bonchev–Trinajstić information content (AvgIpc) is 2.44. The molecule has 20 heavy (non-hydrogen) atoms. The molecule has 104 valence electrons. The molecular weight excluding hydrogens is 279 g/mol. The van der Waals surface area contributed by atoms with Crippen LogP contribution in [-0.4, -0.2) is 5.91 Å². The zero-order valence-corrected chi connectivity index (χ0v) is 11.4. The van der Waals surface area contributed by atoms with Crippen molar-refractivity contribution < 1.29 is 9.18 Å². The summed E-state index contributed by atoms with van der Waals surface area (Å²) in [5.74, 6) is -0.936. The van der Waals surface area contributed by atoms with Crippen LogP contribution in [0.15, 0.2) is 48.5 Å². The fourth-order valence-corrected chi connectivity index (χ4v) is 2.10. The third kappa shape index (κ3) is 3.56. The molecule has 2 rings (SSSR count). The van der Waals surface area contributed by atoms with E-state index in [1.165, 1.54) is 12.1 Å². The summed E-state index contributed by atoms with van der Waals surface area (Å²) >= 11 is 5.71. The van der Waals surface area contributed by atoms with Gasteiger partial charge in [-0.25, -0.2) is 4.39 Å². The smallest absolute Gasteiger partial charge is 0.239 e. The van der Waals surface area contributed by atoms with Crippen LogP contribution in [0.1, 0.15) is 17.2 Å². The third-order valence-electron chi connectivity index (χ3n) is 2.91. The zero-order chi connectivity index (χ0) is 14.5. The van der Waals surface area contributed by atoms with E-state index < -0.39 is 17.8 Å². The summed E-state index contributed by atoms with van der Waals surface area (Å²) in [4.78, 5) is 11.5. The molecule has 1 amide bonds. The summed E-state index contributed by atoms with van der Waals surface area (Å²) in [5.41, 5.74) is 6.96. The van der Waals surface area contributed by atoms with Crippen LogP contribution >= 0.6 is 11.6 Å². The molecule has 0 radical (unpaired) electrons. The van der Waals surface area contributed by atoms with Crippen LogP contribution in [0.4, 0.5) is 4.39 Å². The van der Waals surface area contributed by atoms with Crippen LogP contribution in [0.5, 0.6) is 0 Å². The first kappa shape index (κ1) is 14.5. The number of primary amides is 1. The molecule has 1 atom stereocenters. The second-order valence-electron chi connectivity index (χ2n) is 4.38. The molecule has 3 nitrogen and oxygen atoms in total. The summed E-state index contributed by atoms with van der Waals surface area (Å²) in [6.45, 7) is 0.364. The Bertz CT molecular complexity index is 604. The number of rotatable bonds is 5. The van der Waals surface area contributed by atoms with E-state index in [1.807, 2.05) is 30.3 Å². The van der Waals surface area contributed by atoms with Crippen LogP contribution in [0.3, 0.4) is 0 Å². The monoisotopic (exact) mass is 292 g/mol. The Kier molecular flexibility index (Phi) is 4.71. The quantitative estimate of drug-likeness (QED) is 0.890. The van der Waals surface area contributed by atoms with E-state index in [0.29, 0.717) is 6.54 Å². The standard InChI is InChI=1S/C15H14ClFN2O/c16-12-8-10(6-7-13(12)17)9-19-14(15(18)20)11-4-2-1-3-5-11/h1-8,14,19H,9H2,(H2,18,20)/t14-/m1/s1. The number of carbonyl (C=O) groups is 1. The predicted molar refractivity (Wildman–Crippen MR) is 76.6 cm³/mol. The molecule has 3 N–H and O–H groups in total. The molecule has 2 aromatic rings. The number of hydrogen-bond donors (Lipinski definition) is 2. The van der Waals surface area contributed by atoms with E-state index in [1.54, 1.807) is 6.07 Å². The molecular formula is C15H14ClFN2O. The summed E-state index contributed by atoms with van der Waals surface area (Å²) in [5, 5.41) is 3.10. The fraction of sp³-hybridized carbons (Fsp3) is 0.133. The molecule has 0 aromatic heterocycles. The van der Waals surface area contributed by atoms with E-state index in [0.717, 1.165) is 11.1 Å². The first-order valence-corrected chi connectivity index (χ1v) is 6.47. The van der Waals surface area contributed by atoms with Gasteiger partial charge in [-0.05, 0) is 23.3 Å². The van der Waals surface area contributed by atoms with Crippen LogP contribution in [0.25, 0.3) is 0 Å². The van der Waals surface area contributed by atoms with Gasteiger partial charge in [-0.2, -0.15) is 0 Å². The lowest BCUT2D eigenvalue weighted by Crippen LogP contribution is -2.33. The summed E-state index contributed by atoms with van der Waals surface area (Å²) in [6, 6.07) is 13.0. The van der Waals surface area contributed by atoms with Crippen LogP contribution in [0, 0.1) is 5.82 Å². The van der Waals surface area contributed by atoms with Gasteiger partial charge in [0, 0.05) is 6.54 Å². The Hall–Kier alpha value is -1.91. The van der Waals surface area contributed by atoms with Gasteiger partial charge in [-0.15, -0.1) is 0 Å². The average molecular weight is 293 g/mol. The summed E-state index contributed by atoms with van der Waals surface area (Å²) < 4.78 is 13.1. The third-order valence-corrected chi connectivity index (χ3v) is 3.20. The van der Waals surface area contributed by atoms with Crippen LogP contribution in [-0.2, 0) is 11.3 Å². The lowest BCUT2D eigenvalue weighted by atomic mass is 10.1. The largest absolute Gasteiger partial charge is 0.368 e. The molecule has 0 aliphatic carbocycles. The molecule has 2 aromatic carbocycles. The number of carbonyl (C=O) groups excluding carboxylic acids is 1. The van der Waals surface area contributed by atoms with Crippen molar-refractivity contribution in [1.82, 2.24) is 5.32 Å². The first-order chi connectivity index (χ1) is 9.58. The van der Waals surface area contributed by atoms with E-state index >= 15 is 0 Å². The minimum absolute atomic E-state index is 0.0552. The van der Waals surface area contributed by atoms with Gasteiger partial charge >= 0.3 is 0 Å². The second-order valence-corrected chi connectivity index (χ2v) is 4.78. The van der Waals surface area contributed by atoms with Crippen molar-refractivity contribution in [2.75, 3.05) is 0 Å². The van der Waals surface area contributed by atoms with Crippen LogP contribution in [0.2, 0.25) is 5.02 Å². The second kappa shape index (κ2) is 6.50. The van der Waals surface area contributed by atoms with Crippen molar-refractivity contribution in [1.29, 1.82) is 0 Å². The number of amides is 1. The highest BCUT2D eigenvalue weighted by molar-refractivity contribution is 6.30. The van der Waals surface area contributed by atoms with E-state index in [-0.39, 0.29) is 5.02 Å². The Morgan fingerprint density at radius 3 is 2.55 bits per heavy atom. The molecule has 0 saturated carbocycles. The number of halogens is 2. The highest BCUT2D eigenvalue weighted by Crippen LogP contribution is 2.17. The first-order valence-electron chi connectivity index (χ1n) is 6.09. The normalized spacial score (nSPS) is 12.1. The lowest BCUT2D eigenvalue weighted by molar-refractivity contribution is -0.120. The van der Waals surface area contributed by atoms with Gasteiger partial charge in [-0.1, -0.05) is 48.0 Å². The van der Waals surface area contributed by atoms with Crippen molar-refractivity contribution in [2.24, 2.45) is 5.73 Å². The van der Waals surface area contributed by atoms with Crippen molar-refractivity contribution in [3.63, 3.8) is 0 Å². The Balaban J connectivity index is 2.10. The van der Waals surface area contributed by atoms with Crippen LogP contribution < -0.4 is 11.1 Å². The Morgan fingerprint density at radius 1 is 1.25 bits per heavy atom. The summed E-state index contributed by atoms with van der Waals surface area (Å²) in [6.07, 6.45) is 0. The van der Waals surface area contributed by atoms with E-state index in [9.17, 15) is 9.18 Å². The summed E-state index contributed by atoms with van der Waals surface area (Å²) in [7, 11) is 0. The van der Waals surface area contributed by atoms with Gasteiger partial charge in [0.05, 0.1) is 5.02 Å². The zero-order valence-electron chi connectivity index (χ0n) is 10.6. The predicted octanol–water partition coefficient (Wildman–Crippen LogP) is 2.80. The van der Waals surface area contributed by atoms with Crippen molar-refractivity contribution in [2.45, 2.75) is 12.6 Å². The van der Waals surface area contributed by atoms with Gasteiger partial charge in [0.2, 0.25) is 5.91 Å². The fourth-order valence-electron chi connectivity index (χ4n) is 1.90. The highest BCUT2D eigenvalue weighted by Gasteiger charge is 2.16. The lowest BCUT2D eigenvalue weighted by Gasteiger charge is -2.16. The molecule has 0 fully saturated rings. The maximum atomic E-state index is 13.1. The molecule has 0 spiro atoms. The molecule has 0 heterocycles. The topological polar surface area (TPSA) is 55.1 Å². The molecule has 5 heteroatoms. The minimum atomic E-state index is -0.597. The molecule has 0 bridgehead atoms. The van der Waals surface area contributed by atoms with Crippen molar-refractivity contribution in [3.8, 4) is 0 Å². The molecule has 0 aliphatic rings. The van der Waals surface area contributed by atoms with Gasteiger partial charge in [0.15, 0.2) is 0 Å². The van der Waals surface area contributed by atoms with E-state index in [2.05, 4.69) is 5.32 Å². The molecule has 0 saturated heterocycles. The molecule has 0 aliphatic heterocycles. The highest BCUT2D eigenvalue weighted by atomic mass is 35.5. The minimum Gasteiger partial charge on any atom is -0.368 e.